The van der Waals surface area contributed by atoms with Gasteiger partial charge in [-0.15, -0.1) is 0 Å². The normalized spacial score (nSPS) is 15.8. The average molecular weight is 429 g/mol. The van der Waals surface area contributed by atoms with Crippen LogP contribution in [0.4, 0.5) is 13.2 Å². The molecule has 0 radical (unpaired) electrons. The van der Waals surface area contributed by atoms with Gasteiger partial charge in [-0.05, 0) is 0 Å². The Balaban J connectivity index is 1.71. The summed E-state index contributed by atoms with van der Waals surface area (Å²) in [5.41, 5.74) is 1.23. The number of ether oxygens (including phenoxy) is 1. The molecule has 140 valence electrons. The molecule has 0 unspecified atom stereocenters. The van der Waals surface area contributed by atoms with E-state index in [2.05, 4.69) is 11.4 Å². The molecule has 0 bridgehead atoms. The molecule has 26 heavy (non-hydrogen) atoms. The molecule has 3 nitrogen and oxygen atoms in total. The first-order valence-corrected chi connectivity index (χ1v) is 10.6. The molecule has 0 atom stereocenters. The van der Waals surface area contributed by atoms with Gasteiger partial charge in [-0.2, -0.15) is 0 Å². The molecule has 1 aliphatic rings. The van der Waals surface area contributed by atoms with Crippen molar-refractivity contribution in [3.8, 4) is 5.75 Å². The molecule has 3 rings (SSSR count). The summed E-state index contributed by atoms with van der Waals surface area (Å²) in [5.74, 6) is 0.781. The van der Waals surface area contributed by atoms with Crippen LogP contribution in [0, 0.1) is 0 Å². The van der Waals surface area contributed by atoms with E-state index in [4.69, 9.17) is 9.72 Å². The predicted molar refractivity (Wildman–Crippen MR) is 96.2 cm³/mol. The zero-order valence-corrected chi connectivity index (χ0v) is 16.2. The van der Waals surface area contributed by atoms with Crippen LogP contribution < -0.4 is 14.6 Å². The fourth-order valence-corrected chi connectivity index (χ4v) is 4.91. The Morgan fingerprint density at radius 2 is 1.96 bits per heavy atom. The number of aromatic nitrogens is 1. The number of hydrogen-bond acceptors (Lipinski definition) is 3. The molecule has 0 amide bonds. The van der Waals surface area contributed by atoms with Gasteiger partial charge in [-0.25, -0.2) is 0 Å². The second-order valence-corrected chi connectivity index (χ2v) is 8.33. The molecular weight excluding hydrogens is 408 g/mol. The molecule has 0 saturated carbocycles. The molecule has 1 aromatic carbocycles. The first-order chi connectivity index (χ1) is 12.5. The van der Waals surface area contributed by atoms with Crippen LogP contribution in [0.2, 0.25) is 0 Å². The first-order valence-electron chi connectivity index (χ1n) is 8.52. The second-order valence-electron chi connectivity index (χ2n) is 6.24. The molecule has 0 spiro atoms. The Bertz CT molecular complexity index is 746. The number of hydrogen-bond donors (Lipinski definition) is 1. The minimum atomic E-state index is -4.36. The molecule has 1 saturated heterocycles. The molecule has 1 fully saturated rings. The second kappa shape index (κ2) is 8.42. The summed E-state index contributed by atoms with van der Waals surface area (Å²) in [6.07, 6.45) is -2.17. The Labute approximate surface area is 157 Å². The summed E-state index contributed by atoms with van der Waals surface area (Å²) in [4.78, 5) is 4.80. The molecule has 1 aromatic heterocycles. The zero-order chi connectivity index (χ0) is 18.6. The quantitative estimate of drug-likeness (QED) is 0.742. The van der Waals surface area contributed by atoms with Gasteiger partial charge < -0.3 is 0 Å². The van der Waals surface area contributed by atoms with Crippen molar-refractivity contribution < 1.29 is 17.9 Å². The van der Waals surface area contributed by atoms with Crippen LogP contribution in [-0.4, -0.2) is 40.1 Å². The van der Waals surface area contributed by atoms with Gasteiger partial charge in [0.05, 0.1) is 0 Å². The van der Waals surface area contributed by atoms with Crippen molar-refractivity contribution in [3.05, 3.63) is 53.2 Å². The predicted octanol–water partition coefficient (Wildman–Crippen LogP) is 3.11. The summed E-state index contributed by atoms with van der Waals surface area (Å²) < 4.78 is 44.7. The third-order valence-corrected chi connectivity index (χ3v) is 6.55. The fraction of sp³-hybridized carbons (Fsp3) is 0.421. The summed E-state index contributed by atoms with van der Waals surface area (Å²) >= 11 is 0.0377. The van der Waals surface area contributed by atoms with E-state index in [1.54, 1.807) is 0 Å². The van der Waals surface area contributed by atoms with E-state index in [0.717, 1.165) is 53.9 Å². The number of halogens is 3. The monoisotopic (exact) mass is 430 g/mol. The summed E-state index contributed by atoms with van der Waals surface area (Å²) in [5, 5.41) is 4.01. The van der Waals surface area contributed by atoms with Crippen molar-refractivity contribution in [2.45, 2.75) is 30.3 Å². The van der Waals surface area contributed by atoms with E-state index in [1.165, 1.54) is 13.2 Å². The van der Waals surface area contributed by atoms with Crippen molar-refractivity contribution in [2.24, 2.45) is 0 Å². The third-order valence-electron chi connectivity index (χ3n) is 4.49. The number of rotatable bonds is 5. The van der Waals surface area contributed by atoms with E-state index >= 15 is 0 Å². The molecule has 2 heterocycles. The number of benzene rings is 1. The van der Waals surface area contributed by atoms with Crippen LogP contribution in [0.15, 0.2) is 36.4 Å². The Kier molecular flexibility index (Phi) is 6.22. The van der Waals surface area contributed by atoms with E-state index in [-0.39, 0.29) is 20.7 Å². The molecule has 2 aromatic rings. The van der Waals surface area contributed by atoms with Crippen molar-refractivity contribution in [2.75, 3.05) is 20.2 Å². The van der Waals surface area contributed by atoms with Crippen molar-refractivity contribution in [1.29, 1.82) is 0 Å². The van der Waals surface area contributed by atoms with Crippen LogP contribution >= 0.6 is 0 Å². The molecule has 0 aliphatic carbocycles. The van der Waals surface area contributed by atoms with Gasteiger partial charge in [0.1, 0.15) is 0 Å². The summed E-state index contributed by atoms with van der Waals surface area (Å²) in [6.45, 7) is 2.04. The van der Waals surface area contributed by atoms with Gasteiger partial charge in [-0.1, -0.05) is 0 Å². The number of pyridine rings is 1. The van der Waals surface area contributed by atoms with Crippen LogP contribution in [-0.2, 0) is 11.5 Å². The van der Waals surface area contributed by atoms with E-state index in [1.807, 2.05) is 12.1 Å². The summed E-state index contributed by atoms with van der Waals surface area (Å²) in [7, 11) is 1.40. The third kappa shape index (κ3) is 4.78. The molecule has 1 N–H and O–H groups in total. The van der Waals surface area contributed by atoms with E-state index in [9.17, 15) is 13.2 Å². The van der Waals surface area contributed by atoms with E-state index in [0.29, 0.717) is 11.2 Å². The molecule has 7 heteroatoms. The Hall–Kier alpha value is -1.56. The van der Waals surface area contributed by atoms with Crippen molar-refractivity contribution in [3.63, 3.8) is 0 Å². The standard InChI is InChI=1S/C19H21F3N2OSe/c1-25-17-11-15(19(20,21)22)6-5-14(17)12-26-18-4-2-3-16(24-18)13-7-9-23-10-8-13/h2-6,11,13,23H,7-10,12H2,1H3. The number of methoxy groups -OCH3 is 1. The van der Waals surface area contributed by atoms with Crippen molar-refractivity contribution in [1.82, 2.24) is 10.3 Å². The van der Waals surface area contributed by atoms with Gasteiger partial charge in [0.15, 0.2) is 0 Å². The zero-order valence-electron chi connectivity index (χ0n) is 14.5. The Morgan fingerprint density at radius 1 is 1.19 bits per heavy atom. The SMILES string of the molecule is COc1cc(C(F)(F)F)ccc1C[Se]c1cccc(C2CCNCC2)n1. The van der Waals surface area contributed by atoms with Gasteiger partial charge in [0.2, 0.25) is 0 Å². The maximum absolute atomic E-state index is 12.8. The average Bonchev–Trinajstić information content (AvgIpc) is 2.66. The number of alkyl halides is 3. The maximum atomic E-state index is 12.8. The van der Waals surface area contributed by atoms with Gasteiger partial charge in [0, 0.05) is 0 Å². The number of nitrogens with one attached hydrogen (secondary N) is 1. The fourth-order valence-electron chi connectivity index (χ4n) is 3.05. The van der Waals surface area contributed by atoms with Gasteiger partial charge in [-0.3, -0.25) is 0 Å². The van der Waals surface area contributed by atoms with Crippen molar-refractivity contribution >= 4 is 19.5 Å². The Morgan fingerprint density at radius 3 is 2.65 bits per heavy atom. The first kappa shape index (κ1) is 19.2. The van der Waals surface area contributed by atoms with E-state index < -0.39 is 11.7 Å². The number of piperidine rings is 1. The van der Waals surface area contributed by atoms with Crippen LogP contribution in [0.5, 0.6) is 5.75 Å². The molecular formula is C19H21F3N2OSe. The van der Waals surface area contributed by atoms with Crippen LogP contribution in [0.25, 0.3) is 0 Å². The van der Waals surface area contributed by atoms with Crippen LogP contribution in [0.1, 0.15) is 35.6 Å². The summed E-state index contributed by atoms with van der Waals surface area (Å²) in [6, 6.07) is 9.82. The van der Waals surface area contributed by atoms with Gasteiger partial charge in [0.25, 0.3) is 0 Å². The topological polar surface area (TPSA) is 34.1 Å². The van der Waals surface area contributed by atoms with Gasteiger partial charge >= 0.3 is 157 Å². The minimum absolute atomic E-state index is 0.0377. The van der Waals surface area contributed by atoms with Crippen LogP contribution in [0.3, 0.4) is 0 Å². The number of nitrogens with zero attached hydrogens (tertiary/aromatic N) is 1. The molecule has 1 aliphatic heterocycles.